The summed E-state index contributed by atoms with van der Waals surface area (Å²) in [6, 6.07) is 31.2. The summed E-state index contributed by atoms with van der Waals surface area (Å²) in [4.78, 5) is 28.7. The number of hydrogen-bond donors (Lipinski definition) is 0. The van der Waals surface area contributed by atoms with E-state index in [0.29, 0.717) is 68.7 Å². The summed E-state index contributed by atoms with van der Waals surface area (Å²) in [5.41, 5.74) is 3.72. The number of aldehydes is 1. The van der Waals surface area contributed by atoms with Crippen LogP contribution in [-0.2, 0) is 67.1 Å². The summed E-state index contributed by atoms with van der Waals surface area (Å²) < 4.78 is 58.0. The molecule has 5 aliphatic carbocycles. The smallest absolute Gasteiger partial charge is 0.187 e. The van der Waals surface area contributed by atoms with Crippen LogP contribution in [0.2, 0.25) is 0 Å². The van der Waals surface area contributed by atoms with Crippen LogP contribution in [0.15, 0.2) is 103 Å². The molecule has 3 aromatic rings. The number of hydrogen-bond acceptors (Lipinski definition) is 10. The number of carbonyl (C=O) groups excluding carboxylic acids is 2. The number of Topliss-reactive ketones (excluding diaryl/α,β-unsaturated/α-hetero) is 1. The maximum absolute atomic E-state index is 14.6. The van der Waals surface area contributed by atoms with E-state index in [4.69, 9.17) is 37.9 Å². The van der Waals surface area contributed by atoms with Crippen molar-refractivity contribution in [2.45, 2.75) is 230 Å². The second-order valence-electron chi connectivity index (χ2n) is 30.8. The molecule has 11 unspecified atom stereocenters. The molecule has 3 aromatic carbocycles. The lowest BCUT2D eigenvalue weighted by atomic mass is 9.32. The van der Waals surface area contributed by atoms with Crippen LogP contribution < -0.4 is 0 Å². The van der Waals surface area contributed by atoms with E-state index in [0.717, 1.165) is 68.1 Å². The van der Waals surface area contributed by atoms with Crippen molar-refractivity contribution in [3.05, 3.63) is 119 Å². The van der Waals surface area contributed by atoms with Gasteiger partial charge in [-0.3, -0.25) is 4.79 Å². The highest BCUT2D eigenvalue weighted by atomic mass is 16.8. The van der Waals surface area contributed by atoms with Gasteiger partial charge < -0.3 is 42.7 Å². The van der Waals surface area contributed by atoms with Gasteiger partial charge in [0.25, 0.3) is 0 Å². The minimum absolute atomic E-state index is 0.00525. The lowest BCUT2D eigenvalue weighted by Crippen LogP contribution is -2.67. The maximum Gasteiger partial charge on any atom is 0.187 e. The average Bonchev–Trinajstić information content (AvgIpc) is 0.802. The zero-order chi connectivity index (χ0) is 60.4. The zero-order valence-corrected chi connectivity index (χ0v) is 54.3. The first kappa shape index (κ1) is 63.0. The van der Waals surface area contributed by atoms with Gasteiger partial charge in [-0.05, 0) is 157 Å². The van der Waals surface area contributed by atoms with Gasteiger partial charge in [-0.2, -0.15) is 0 Å². The normalized spacial score (nSPS) is 45.0. The Morgan fingerprint density at radius 3 is 1.89 bits per heavy atom. The summed E-state index contributed by atoms with van der Waals surface area (Å²) in [5.74, 6) is 2.10. The van der Waals surface area contributed by atoms with Crippen LogP contribution in [-0.4, -0.2) is 80.8 Å². The molecule has 85 heavy (non-hydrogen) atoms. The van der Waals surface area contributed by atoms with Crippen LogP contribution in [0, 0.1) is 91.7 Å². The number of fused-ring (bicyclic) bond motifs is 7. The Hall–Kier alpha value is -3.58. The second kappa shape index (κ2) is 24.7. The second-order valence-corrected chi connectivity index (χ2v) is 30.8. The summed E-state index contributed by atoms with van der Waals surface area (Å²) in [5, 5.41) is 0. The van der Waals surface area contributed by atoms with Crippen LogP contribution in [0.4, 0.5) is 0 Å². The number of ketones is 1. The third-order valence-electron chi connectivity index (χ3n) is 25.7. The van der Waals surface area contributed by atoms with E-state index in [1.54, 1.807) is 5.57 Å². The van der Waals surface area contributed by atoms with E-state index in [1.165, 1.54) is 6.29 Å². The van der Waals surface area contributed by atoms with Gasteiger partial charge in [-0.1, -0.05) is 193 Å². The molecule has 0 amide bonds. The van der Waals surface area contributed by atoms with Crippen molar-refractivity contribution in [2.75, 3.05) is 13.2 Å². The monoisotopic (exact) mass is 1170 g/mol. The Balaban J connectivity index is 0.946. The zero-order valence-electron chi connectivity index (χ0n) is 54.3. The van der Waals surface area contributed by atoms with Gasteiger partial charge in [0.05, 0.1) is 56.3 Å². The largest absolute Gasteiger partial charge is 0.374 e. The highest BCUT2D eigenvalue weighted by Gasteiger charge is 2.71. The van der Waals surface area contributed by atoms with Crippen molar-refractivity contribution in [3.63, 3.8) is 0 Å². The maximum atomic E-state index is 14.6. The topological polar surface area (TPSA) is 108 Å². The highest BCUT2D eigenvalue weighted by Crippen LogP contribution is 2.77. The minimum atomic E-state index is -0.947. The molecule has 10 heteroatoms. The Labute approximate surface area is 511 Å². The number of benzene rings is 3. The van der Waals surface area contributed by atoms with Gasteiger partial charge in [-0.25, -0.2) is 0 Å². The molecule has 3 heterocycles. The molecule has 24 atom stereocenters. The summed E-state index contributed by atoms with van der Waals surface area (Å²) in [6.45, 7) is 34.5. The van der Waals surface area contributed by atoms with E-state index in [1.807, 2.05) is 43.3 Å². The molecule has 4 saturated carbocycles. The van der Waals surface area contributed by atoms with Gasteiger partial charge in [0.2, 0.25) is 0 Å². The van der Waals surface area contributed by atoms with Crippen LogP contribution in [0.5, 0.6) is 0 Å². The van der Waals surface area contributed by atoms with E-state index in [9.17, 15) is 9.59 Å². The molecule has 3 aliphatic heterocycles. The summed E-state index contributed by atoms with van der Waals surface area (Å²) >= 11 is 0. The van der Waals surface area contributed by atoms with Gasteiger partial charge >= 0.3 is 0 Å². The average molecular weight is 1170 g/mol. The van der Waals surface area contributed by atoms with Crippen LogP contribution in [0.25, 0.3) is 0 Å². The van der Waals surface area contributed by atoms with Crippen LogP contribution >= 0.6 is 0 Å². The van der Waals surface area contributed by atoms with E-state index < -0.39 is 48.7 Å². The molecule has 7 fully saturated rings. The van der Waals surface area contributed by atoms with Crippen molar-refractivity contribution in [1.82, 2.24) is 0 Å². The third kappa shape index (κ3) is 11.4. The van der Waals surface area contributed by atoms with Gasteiger partial charge in [0, 0.05) is 17.3 Å². The molecular weight excluding hydrogens is 1060 g/mol. The molecule has 0 spiro atoms. The van der Waals surface area contributed by atoms with Crippen molar-refractivity contribution in [2.24, 2.45) is 91.7 Å². The number of ether oxygens (including phenoxy) is 8. The first-order valence-corrected chi connectivity index (χ1v) is 33.4. The fourth-order valence-electron chi connectivity index (χ4n) is 19.5. The number of rotatable bonds is 17. The molecule has 0 radical (unpaired) electrons. The lowest BCUT2D eigenvalue weighted by Gasteiger charge is -2.72. The first-order valence-electron chi connectivity index (χ1n) is 33.4. The van der Waals surface area contributed by atoms with Gasteiger partial charge in [0.15, 0.2) is 18.9 Å². The molecule has 3 saturated heterocycles. The van der Waals surface area contributed by atoms with E-state index in [-0.39, 0.29) is 74.8 Å². The Morgan fingerprint density at radius 2 is 1.24 bits per heavy atom. The fourth-order valence-corrected chi connectivity index (χ4v) is 19.5. The van der Waals surface area contributed by atoms with Crippen LogP contribution in [0.3, 0.4) is 0 Å². The quantitative estimate of drug-likeness (QED) is 0.0736. The lowest BCUT2D eigenvalue weighted by molar-refractivity contribution is -0.384. The van der Waals surface area contributed by atoms with Crippen molar-refractivity contribution in [3.8, 4) is 0 Å². The summed E-state index contributed by atoms with van der Waals surface area (Å²) in [6.07, 6.45) is 7.97. The third-order valence-corrected chi connectivity index (χ3v) is 25.7. The highest BCUT2D eigenvalue weighted by molar-refractivity contribution is 5.84. The number of carbonyl (C=O) groups is 2. The van der Waals surface area contributed by atoms with E-state index >= 15 is 0 Å². The SMILES string of the molecule is CC(=O)[C@]12CCC(C)(C)CC1C1=CCC3C4(C)CC[C@H](O[C@@H]5OC(Cc6ccccc6)[C@H](C)[C@H](O[C@@H]6OC[C@H](C)[C@H](C)C6C)C5O[C@@H]5OC(COCc6ccccc6)[C@H](C)[C@H](C)C5OCc5ccccc5)C(C)(C=O)[C@@H]4CCC3(C)C1(C)C[C@H]2C. The molecule has 0 N–H and O–H groups in total. The standard InChI is InChI=1S/C75H106O10/c1-46-41-80-67(51(6)48(46)3)84-64-52(7)59(38-54-24-18-15-19-25-54)81-69(66(64)85-68-65(79-43-56-28-22-17-23-29-56)50(5)49(4)60(82-68)44-78-42-55-26-20-16-21-27-55)83-63-33-34-71(11)61(72(63,12)45-76)32-35-73(13)62(71)31-30-57-58-40-70(9,10)36-37-75(58,53(8)77)47(2)39-74(57,73)14/h15-30,45-52,58-69H,31-44H2,1-14H3/t46-,47+,48-,49+,50-,51?,52-,58?,59?,60?,61+,62?,63-,64-,65?,66?,67-,68-,69-,71?,72?,73?,74?,75+/m0/s1. The van der Waals surface area contributed by atoms with E-state index in [2.05, 4.69) is 151 Å². The Morgan fingerprint density at radius 1 is 0.612 bits per heavy atom. The predicted octanol–water partition coefficient (Wildman–Crippen LogP) is 15.6. The summed E-state index contributed by atoms with van der Waals surface area (Å²) in [7, 11) is 0. The molecule has 11 rings (SSSR count). The number of allylic oxidation sites excluding steroid dienone is 2. The molecule has 0 aromatic heterocycles. The molecule has 8 aliphatic rings. The van der Waals surface area contributed by atoms with Gasteiger partial charge in [-0.15, -0.1) is 0 Å². The van der Waals surface area contributed by atoms with Crippen molar-refractivity contribution >= 4 is 12.1 Å². The minimum Gasteiger partial charge on any atom is -0.374 e. The molecule has 466 valence electrons. The molecule has 10 nitrogen and oxygen atoms in total. The fraction of sp³-hybridized carbons (Fsp3) is 0.707. The Kier molecular flexibility index (Phi) is 18.3. The van der Waals surface area contributed by atoms with Crippen LogP contribution in [0.1, 0.15) is 171 Å². The van der Waals surface area contributed by atoms with Gasteiger partial charge in [0.1, 0.15) is 24.3 Å². The predicted molar refractivity (Wildman–Crippen MR) is 333 cm³/mol. The first-order chi connectivity index (χ1) is 40.5. The van der Waals surface area contributed by atoms with Crippen molar-refractivity contribution in [1.29, 1.82) is 0 Å². The molecule has 0 bridgehead atoms. The Bertz CT molecular complexity index is 2790. The van der Waals surface area contributed by atoms with Crippen molar-refractivity contribution < 1.29 is 47.5 Å². The molecular formula is C75H106O10.